The summed E-state index contributed by atoms with van der Waals surface area (Å²) in [5, 5.41) is 0.733. The van der Waals surface area contributed by atoms with E-state index in [1.54, 1.807) is 18.0 Å². The first kappa shape index (κ1) is 7.43. The maximum atomic E-state index is 5.66. The van der Waals surface area contributed by atoms with E-state index in [1.165, 1.54) is 0 Å². The number of nitrogens with zero attached hydrogens (tertiary/aromatic N) is 1. The van der Waals surface area contributed by atoms with E-state index in [1.807, 2.05) is 30.5 Å². The van der Waals surface area contributed by atoms with Crippen LogP contribution in [0.2, 0.25) is 0 Å². The minimum atomic E-state index is 0. The maximum absolute atomic E-state index is 5.66. The lowest BCUT2D eigenvalue weighted by molar-refractivity contribution is 1.43. The molecule has 0 aliphatic carbocycles. The minimum Gasteiger partial charge on any atom is -0.392 e. The van der Waals surface area contributed by atoms with Crippen molar-refractivity contribution < 1.29 is 1.43 Å². The maximum Gasteiger partial charge on any atom is 1.00 e. The molecule has 2 nitrogen and oxygen atoms in total. The fourth-order valence-electron chi connectivity index (χ4n) is 1.02. The molecule has 3 heteroatoms. The molecule has 1 aromatic rings. The molecule has 1 heterocycles. The second-order valence-corrected chi connectivity index (χ2v) is 3.56. The number of fused-ring (bicyclic) bond motifs is 1. The standard InChI is InChI=1S/C9H8N2S/c10-9-6-11-5-7-3-1-2-4-8(7)12-9/h1-6H,10H2/p+1. The van der Waals surface area contributed by atoms with Crippen LogP contribution < -0.4 is 5.73 Å². The Morgan fingerprint density at radius 3 is 3.08 bits per heavy atom. The number of rotatable bonds is 0. The average Bonchev–Trinajstić information content (AvgIpc) is 2.25. The molecule has 1 aliphatic rings. The number of nitrogens with two attached hydrogens (primary N) is 1. The second kappa shape index (κ2) is 3.03. The Balaban J connectivity index is 0.000000845. The SMILES string of the molecule is NC1=CN=Cc2ccccc2S1.[H+]. The van der Waals surface area contributed by atoms with E-state index in [9.17, 15) is 0 Å². The van der Waals surface area contributed by atoms with Gasteiger partial charge in [-0.05, 0) is 6.07 Å². The highest BCUT2D eigenvalue weighted by molar-refractivity contribution is 8.03. The summed E-state index contributed by atoms with van der Waals surface area (Å²) in [6, 6.07) is 8.06. The molecule has 0 bridgehead atoms. The minimum absolute atomic E-state index is 0. The summed E-state index contributed by atoms with van der Waals surface area (Å²) in [7, 11) is 0. The molecule has 2 N–H and O–H groups in total. The zero-order valence-corrected chi connectivity index (χ0v) is 7.21. The van der Waals surface area contributed by atoms with Gasteiger partial charge in [-0.25, -0.2) is 0 Å². The van der Waals surface area contributed by atoms with Crippen LogP contribution in [0, 0.1) is 0 Å². The number of benzene rings is 1. The van der Waals surface area contributed by atoms with Gasteiger partial charge in [-0.15, -0.1) is 0 Å². The topological polar surface area (TPSA) is 38.4 Å². The van der Waals surface area contributed by atoms with Gasteiger partial charge in [0.15, 0.2) is 0 Å². The van der Waals surface area contributed by atoms with Crippen LogP contribution in [-0.4, -0.2) is 6.21 Å². The molecule has 0 saturated heterocycles. The first-order valence-electron chi connectivity index (χ1n) is 3.62. The van der Waals surface area contributed by atoms with Crippen LogP contribution in [0.15, 0.2) is 45.4 Å². The molecule has 0 saturated carbocycles. The Hall–Kier alpha value is -1.22. The van der Waals surface area contributed by atoms with Gasteiger partial charge in [-0.2, -0.15) is 0 Å². The summed E-state index contributed by atoms with van der Waals surface area (Å²) in [5.74, 6) is 0. The summed E-state index contributed by atoms with van der Waals surface area (Å²) in [6.45, 7) is 0. The third-order valence-electron chi connectivity index (χ3n) is 1.56. The zero-order chi connectivity index (χ0) is 8.39. The van der Waals surface area contributed by atoms with Gasteiger partial charge in [0, 0.05) is 16.7 Å². The van der Waals surface area contributed by atoms with Gasteiger partial charge in [0.1, 0.15) is 0 Å². The van der Waals surface area contributed by atoms with E-state index < -0.39 is 0 Å². The Morgan fingerprint density at radius 1 is 1.33 bits per heavy atom. The van der Waals surface area contributed by atoms with Crippen molar-refractivity contribution in [3.63, 3.8) is 0 Å². The van der Waals surface area contributed by atoms with Crippen molar-refractivity contribution in [2.24, 2.45) is 10.7 Å². The van der Waals surface area contributed by atoms with Gasteiger partial charge in [-0.3, -0.25) is 4.99 Å². The molecular formula is C9H9N2S+. The first-order valence-corrected chi connectivity index (χ1v) is 4.43. The molecule has 12 heavy (non-hydrogen) atoms. The van der Waals surface area contributed by atoms with E-state index in [4.69, 9.17) is 5.73 Å². The third kappa shape index (κ3) is 1.36. The van der Waals surface area contributed by atoms with Crippen molar-refractivity contribution in [1.29, 1.82) is 0 Å². The van der Waals surface area contributed by atoms with Gasteiger partial charge < -0.3 is 5.73 Å². The van der Waals surface area contributed by atoms with Crippen LogP contribution in [0.5, 0.6) is 0 Å². The fraction of sp³-hybridized carbons (Fsp3) is 0. The van der Waals surface area contributed by atoms with E-state index in [0.29, 0.717) is 0 Å². The number of hydrogen-bond donors (Lipinski definition) is 1. The monoisotopic (exact) mass is 177 g/mol. The molecular weight excluding hydrogens is 168 g/mol. The zero-order valence-electron chi connectivity index (χ0n) is 7.40. The molecule has 60 valence electrons. The molecule has 0 atom stereocenters. The Labute approximate surface area is 76.7 Å². The molecule has 0 amide bonds. The van der Waals surface area contributed by atoms with Crippen LogP contribution in [0.4, 0.5) is 0 Å². The molecule has 0 radical (unpaired) electrons. The highest BCUT2D eigenvalue weighted by Gasteiger charge is 2.03. The predicted molar refractivity (Wildman–Crippen MR) is 53.3 cm³/mol. The molecule has 1 aliphatic heterocycles. The lowest BCUT2D eigenvalue weighted by Gasteiger charge is -2.00. The van der Waals surface area contributed by atoms with Gasteiger partial charge in [0.05, 0.1) is 11.2 Å². The summed E-state index contributed by atoms with van der Waals surface area (Å²) >= 11 is 1.55. The molecule has 2 rings (SSSR count). The quantitative estimate of drug-likeness (QED) is 0.659. The van der Waals surface area contributed by atoms with Crippen molar-refractivity contribution in [1.82, 2.24) is 0 Å². The van der Waals surface area contributed by atoms with E-state index in [0.717, 1.165) is 15.5 Å². The summed E-state index contributed by atoms with van der Waals surface area (Å²) in [6.07, 6.45) is 3.49. The molecule has 1 aromatic carbocycles. The highest BCUT2D eigenvalue weighted by atomic mass is 32.2. The summed E-state index contributed by atoms with van der Waals surface area (Å²) in [5.41, 5.74) is 6.78. The summed E-state index contributed by atoms with van der Waals surface area (Å²) < 4.78 is 0. The first-order chi connectivity index (χ1) is 5.86. The lowest BCUT2D eigenvalue weighted by Crippen LogP contribution is -1.90. The van der Waals surface area contributed by atoms with Crippen molar-refractivity contribution >= 4 is 18.0 Å². The van der Waals surface area contributed by atoms with E-state index >= 15 is 0 Å². The number of thioether (sulfide) groups is 1. The van der Waals surface area contributed by atoms with Crippen LogP contribution in [-0.2, 0) is 0 Å². The fourth-order valence-corrected chi connectivity index (χ4v) is 1.78. The van der Waals surface area contributed by atoms with Gasteiger partial charge in [-0.1, -0.05) is 30.0 Å². The molecule has 0 spiro atoms. The van der Waals surface area contributed by atoms with Crippen molar-refractivity contribution in [2.45, 2.75) is 4.90 Å². The van der Waals surface area contributed by atoms with Crippen molar-refractivity contribution in [2.75, 3.05) is 0 Å². The Bertz CT molecular complexity index is 360. The van der Waals surface area contributed by atoms with Crippen molar-refractivity contribution in [3.8, 4) is 0 Å². The van der Waals surface area contributed by atoms with Crippen LogP contribution in [0.25, 0.3) is 0 Å². The number of aliphatic imine (C=N–C) groups is 1. The number of hydrogen-bond acceptors (Lipinski definition) is 3. The van der Waals surface area contributed by atoms with Crippen molar-refractivity contribution in [3.05, 3.63) is 41.1 Å². The molecule has 0 fully saturated rings. The summed E-state index contributed by atoms with van der Waals surface area (Å²) in [4.78, 5) is 5.22. The normalized spacial score (nSPS) is 14.8. The Kier molecular flexibility index (Phi) is 1.87. The van der Waals surface area contributed by atoms with Crippen LogP contribution >= 0.6 is 11.8 Å². The van der Waals surface area contributed by atoms with Gasteiger partial charge in [0.25, 0.3) is 0 Å². The Morgan fingerprint density at radius 2 is 2.17 bits per heavy atom. The smallest absolute Gasteiger partial charge is 0.392 e. The van der Waals surface area contributed by atoms with E-state index in [-0.39, 0.29) is 1.43 Å². The van der Waals surface area contributed by atoms with Gasteiger partial charge >= 0.3 is 1.43 Å². The second-order valence-electron chi connectivity index (χ2n) is 2.45. The highest BCUT2D eigenvalue weighted by Crippen LogP contribution is 2.27. The lowest BCUT2D eigenvalue weighted by atomic mass is 10.2. The molecule has 0 unspecified atom stereocenters. The largest absolute Gasteiger partial charge is 1.00 e. The average molecular weight is 177 g/mol. The molecule has 0 aromatic heterocycles. The predicted octanol–water partition coefficient (Wildman–Crippen LogP) is 2.08. The van der Waals surface area contributed by atoms with Crippen LogP contribution in [0.1, 0.15) is 6.99 Å². The van der Waals surface area contributed by atoms with Gasteiger partial charge in [0.2, 0.25) is 0 Å². The van der Waals surface area contributed by atoms with E-state index in [2.05, 4.69) is 4.99 Å². The third-order valence-corrected chi connectivity index (χ3v) is 2.50. The van der Waals surface area contributed by atoms with Crippen LogP contribution in [0.3, 0.4) is 0 Å².